The number of hydrogen-bond donors (Lipinski definition) is 0. The zero-order chi connectivity index (χ0) is 23.6. The monoisotopic (exact) mass is 484 g/mol. The first-order chi connectivity index (χ1) is 15.8. The topological polar surface area (TPSA) is 84.7 Å². The third-order valence-electron chi connectivity index (χ3n) is 5.23. The molecule has 0 spiro atoms. The Morgan fingerprint density at radius 3 is 2.64 bits per heavy atom. The average molecular weight is 485 g/mol. The summed E-state index contributed by atoms with van der Waals surface area (Å²) < 4.78 is 34.5. The third-order valence-corrected chi connectivity index (χ3v) is 7.15. The number of methoxy groups -OCH3 is 1. The fourth-order valence-corrected chi connectivity index (χ4v) is 5.16. The van der Waals surface area contributed by atoms with E-state index in [-0.39, 0.29) is 17.5 Å². The molecule has 3 aromatic rings. The average Bonchev–Trinajstić information content (AvgIpc) is 3.43. The van der Waals surface area contributed by atoms with Crippen molar-refractivity contribution in [2.45, 2.75) is 18.0 Å². The van der Waals surface area contributed by atoms with Gasteiger partial charge in [-0.1, -0.05) is 23.7 Å². The van der Waals surface area contributed by atoms with E-state index in [0.29, 0.717) is 29.4 Å². The summed E-state index contributed by atoms with van der Waals surface area (Å²) in [5.41, 5.74) is 2.81. The Labute approximate surface area is 197 Å². The molecular formula is C23H21ClN4O4S. The standard InChI is InChI=1S/C23H21ClN4O4S/c1-26-12-10-22(25-26)33(30,31)28(16-17-3-5-19(24)6-4-17)20-7-8-21-18(15-20)9-13-27(21)23(29)11-14-32-2/h3-8,10,12,15H,9,13,16H2,1-2H3. The van der Waals surface area contributed by atoms with Crippen LogP contribution in [0.4, 0.5) is 11.4 Å². The Morgan fingerprint density at radius 1 is 1.21 bits per heavy atom. The van der Waals surface area contributed by atoms with E-state index in [2.05, 4.69) is 21.9 Å². The van der Waals surface area contributed by atoms with Crippen LogP contribution >= 0.6 is 11.6 Å². The SMILES string of the molecule is COC#CC(=O)N1CCc2cc(N(Cc3ccc(Cl)cc3)S(=O)(=O)c3ccn(C)n3)ccc21. The molecule has 0 atom stereocenters. The molecule has 8 nitrogen and oxygen atoms in total. The maximum absolute atomic E-state index is 13.5. The summed E-state index contributed by atoms with van der Waals surface area (Å²) in [5, 5.41) is 4.62. The van der Waals surface area contributed by atoms with Crippen LogP contribution in [0, 0.1) is 12.0 Å². The molecule has 0 aliphatic carbocycles. The van der Waals surface area contributed by atoms with Gasteiger partial charge in [-0.05, 0) is 53.9 Å². The van der Waals surface area contributed by atoms with E-state index in [1.807, 2.05) is 0 Å². The summed E-state index contributed by atoms with van der Waals surface area (Å²) in [7, 11) is -0.899. The lowest BCUT2D eigenvalue weighted by atomic mass is 10.1. The first-order valence-corrected chi connectivity index (χ1v) is 11.9. The van der Waals surface area contributed by atoms with Crippen molar-refractivity contribution in [2.75, 3.05) is 22.9 Å². The van der Waals surface area contributed by atoms with Crippen LogP contribution in [0.5, 0.6) is 0 Å². The van der Waals surface area contributed by atoms with Gasteiger partial charge < -0.3 is 9.64 Å². The lowest BCUT2D eigenvalue weighted by Crippen LogP contribution is -2.31. The predicted octanol–water partition coefficient (Wildman–Crippen LogP) is 2.97. The number of amides is 1. The lowest BCUT2D eigenvalue weighted by Gasteiger charge is -2.24. The first kappa shape index (κ1) is 22.7. The van der Waals surface area contributed by atoms with Gasteiger partial charge in [-0.15, -0.1) is 0 Å². The van der Waals surface area contributed by atoms with Gasteiger partial charge in [-0.3, -0.25) is 13.8 Å². The van der Waals surface area contributed by atoms with Crippen molar-refractivity contribution in [2.24, 2.45) is 7.05 Å². The number of ether oxygens (including phenoxy) is 1. The largest absolute Gasteiger partial charge is 0.450 e. The van der Waals surface area contributed by atoms with Gasteiger partial charge in [0.05, 0.1) is 19.3 Å². The molecule has 1 amide bonds. The van der Waals surface area contributed by atoms with Gasteiger partial charge in [0.15, 0.2) is 5.03 Å². The predicted molar refractivity (Wildman–Crippen MR) is 125 cm³/mol. The van der Waals surface area contributed by atoms with Crippen LogP contribution in [0.2, 0.25) is 5.02 Å². The minimum Gasteiger partial charge on any atom is -0.450 e. The number of fused-ring (bicyclic) bond motifs is 1. The number of aromatic nitrogens is 2. The minimum absolute atomic E-state index is 0.0499. The molecule has 4 rings (SSSR count). The minimum atomic E-state index is -3.95. The molecule has 170 valence electrons. The van der Waals surface area contributed by atoms with Gasteiger partial charge in [-0.25, -0.2) is 0 Å². The lowest BCUT2D eigenvalue weighted by molar-refractivity contribution is -0.113. The highest BCUT2D eigenvalue weighted by Gasteiger charge is 2.30. The fourth-order valence-electron chi connectivity index (χ4n) is 3.63. The zero-order valence-corrected chi connectivity index (χ0v) is 19.6. The second-order valence-corrected chi connectivity index (χ2v) is 9.66. The van der Waals surface area contributed by atoms with E-state index in [1.54, 1.807) is 60.6 Å². The number of sulfonamides is 1. The van der Waals surface area contributed by atoms with Crippen molar-refractivity contribution in [1.29, 1.82) is 0 Å². The molecule has 0 saturated carbocycles. The second-order valence-electron chi connectivity index (χ2n) is 7.42. The van der Waals surface area contributed by atoms with Crippen LogP contribution in [0.25, 0.3) is 0 Å². The molecule has 1 aliphatic rings. The van der Waals surface area contributed by atoms with Crippen molar-refractivity contribution in [1.82, 2.24) is 9.78 Å². The second kappa shape index (κ2) is 9.17. The summed E-state index contributed by atoms with van der Waals surface area (Å²) in [6, 6.07) is 13.7. The molecule has 0 unspecified atom stereocenters. The number of aryl methyl sites for hydroxylation is 1. The molecule has 2 heterocycles. The van der Waals surface area contributed by atoms with Crippen LogP contribution in [0.15, 0.2) is 59.8 Å². The van der Waals surface area contributed by atoms with Gasteiger partial charge in [-0.2, -0.15) is 13.5 Å². The Morgan fingerprint density at radius 2 is 1.97 bits per heavy atom. The third kappa shape index (κ3) is 4.67. The summed E-state index contributed by atoms with van der Waals surface area (Å²) >= 11 is 5.99. The molecule has 1 aromatic heterocycles. The normalized spacial score (nSPS) is 12.6. The van der Waals surface area contributed by atoms with Crippen LogP contribution < -0.4 is 9.21 Å². The Kier molecular flexibility index (Phi) is 6.31. The number of rotatable bonds is 5. The number of carbonyl (C=O) groups excluding carboxylic acids is 1. The van der Waals surface area contributed by atoms with Gasteiger partial charge in [0, 0.05) is 36.4 Å². The van der Waals surface area contributed by atoms with Crippen molar-refractivity contribution in [3.8, 4) is 12.0 Å². The summed E-state index contributed by atoms with van der Waals surface area (Å²) in [6.07, 6.45) is 4.48. The van der Waals surface area contributed by atoms with Crippen LogP contribution in [-0.2, 0) is 39.6 Å². The molecule has 2 aromatic carbocycles. The maximum atomic E-state index is 13.5. The van der Waals surface area contributed by atoms with Gasteiger partial charge in [0.25, 0.3) is 10.0 Å². The van der Waals surface area contributed by atoms with E-state index in [1.165, 1.54) is 22.2 Å². The fraction of sp³-hybridized carbons (Fsp3) is 0.217. The molecular weight excluding hydrogens is 464 g/mol. The van der Waals surface area contributed by atoms with E-state index in [4.69, 9.17) is 11.6 Å². The van der Waals surface area contributed by atoms with Crippen molar-refractivity contribution < 1.29 is 17.9 Å². The van der Waals surface area contributed by atoms with Crippen LogP contribution in [-0.4, -0.2) is 37.8 Å². The van der Waals surface area contributed by atoms with Gasteiger partial charge in [0.2, 0.25) is 0 Å². The highest BCUT2D eigenvalue weighted by Crippen LogP contribution is 2.34. The van der Waals surface area contributed by atoms with Gasteiger partial charge >= 0.3 is 5.91 Å². The maximum Gasteiger partial charge on any atom is 0.306 e. The van der Waals surface area contributed by atoms with E-state index >= 15 is 0 Å². The summed E-state index contributed by atoms with van der Waals surface area (Å²) in [6.45, 7) is 0.553. The van der Waals surface area contributed by atoms with E-state index in [0.717, 1.165) is 11.1 Å². The van der Waals surface area contributed by atoms with Crippen molar-refractivity contribution in [3.63, 3.8) is 0 Å². The van der Waals surface area contributed by atoms with Crippen molar-refractivity contribution >= 4 is 38.9 Å². The molecule has 0 saturated heterocycles. The van der Waals surface area contributed by atoms with Crippen LogP contribution in [0.3, 0.4) is 0 Å². The number of anilines is 2. The molecule has 33 heavy (non-hydrogen) atoms. The number of nitrogens with zero attached hydrogens (tertiary/aromatic N) is 4. The van der Waals surface area contributed by atoms with Crippen LogP contribution in [0.1, 0.15) is 11.1 Å². The van der Waals surface area contributed by atoms with Gasteiger partial charge in [0.1, 0.15) is 6.11 Å². The number of benzene rings is 2. The Bertz CT molecular complexity index is 1360. The number of hydrogen-bond acceptors (Lipinski definition) is 5. The zero-order valence-electron chi connectivity index (χ0n) is 18.0. The Hall–Kier alpha value is -3.48. The molecule has 0 radical (unpaired) electrons. The van der Waals surface area contributed by atoms with E-state index < -0.39 is 10.0 Å². The highest BCUT2D eigenvalue weighted by molar-refractivity contribution is 7.92. The Balaban J connectivity index is 1.73. The van der Waals surface area contributed by atoms with E-state index in [9.17, 15) is 13.2 Å². The summed E-state index contributed by atoms with van der Waals surface area (Å²) in [5.74, 6) is 2.05. The number of carbonyl (C=O) groups is 1. The molecule has 10 heteroatoms. The molecule has 1 aliphatic heterocycles. The number of halogens is 1. The molecule has 0 N–H and O–H groups in total. The first-order valence-electron chi connectivity index (χ1n) is 10.0. The summed E-state index contributed by atoms with van der Waals surface area (Å²) in [4.78, 5) is 13.9. The quantitative estimate of drug-likeness (QED) is 0.520. The molecule has 0 fully saturated rings. The smallest absolute Gasteiger partial charge is 0.306 e. The highest BCUT2D eigenvalue weighted by atomic mass is 35.5. The molecule has 0 bridgehead atoms. The van der Waals surface area contributed by atoms with Crippen molar-refractivity contribution in [3.05, 3.63) is 70.9 Å².